The molecule has 1 aliphatic rings. The van der Waals surface area contributed by atoms with Crippen LogP contribution in [-0.4, -0.2) is 44.3 Å². The lowest BCUT2D eigenvalue weighted by Gasteiger charge is -2.23. The second-order valence-corrected chi connectivity index (χ2v) is 7.69. The van der Waals surface area contributed by atoms with Crippen LogP contribution < -0.4 is 5.32 Å². The van der Waals surface area contributed by atoms with E-state index in [2.05, 4.69) is 39.5 Å². The van der Waals surface area contributed by atoms with Gasteiger partial charge in [0.2, 0.25) is 0 Å². The van der Waals surface area contributed by atoms with E-state index in [1.54, 1.807) is 7.05 Å². The number of halogens is 2. The largest absolute Gasteiger partial charge is 0.381 e. The van der Waals surface area contributed by atoms with Gasteiger partial charge in [-0.05, 0) is 35.6 Å². The van der Waals surface area contributed by atoms with Gasteiger partial charge in [0, 0.05) is 45.4 Å². The van der Waals surface area contributed by atoms with E-state index in [0.717, 1.165) is 42.6 Å². The second-order valence-electron chi connectivity index (χ2n) is 7.29. The molecule has 1 aliphatic heterocycles. The molecule has 2 aromatic rings. The van der Waals surface area contributed by atoms with Gasteiger partial charge in [-0.15, -0.1) is 24.0 Å². The second kappa shape index (κ2) is 13.1. The summed E-state index contributed by atoms with van der Waals surface area (Å²) in [5, 5.41) is 4.19. The predicted octanol–water partition coefficient (Wildman–Crippen LogP) is 4.86. The number of rotatable bonds is 7. The average molecular weight is 544 g/mol. The van der Waals surface area contributed by atoms with Gasteiger partial charge in [0.15, 0.2) is 5.96 Å². The Kier molecular flexibility index (Phi) is 10.9. The van der Waals surface area contributed by atoms with Crippen molar-refractivity contribution >= 4 is 41.5 Å². The van der Waals surface area contributed by atoms with E-state index in [1.165, 1.54) is 11.1 Å². The fraction of sp³-hybridized carbons (Fsp3) is 0.435. The Hall–Kier alpha value is -1.35. The molecule has 30 heavy (non-hydrogen) atoms. The van der Waals surface area contributed by atoms with Gasteiger partial charge in [-0.3, -0.25) is 4.99 Å². The first-order valence-corrected chi connectivity index (χ1v) is 10.5. The molecule has 0 atom stereocenters. The van der Waals surface area contributed by atoms with Crippen molar-refractivity contribution in [2.45, 2.75) is 38.6 Å². The van der Waals surface area contributed by atoms with E-state index in [0.29, 0.717) is 25.8 Å². The maximum atomic E-state index is 6.28. The first kappa shape index (κ1) is 24.9. The fourth-order valence-corrected chi connectivity index (χ4v) is 3.53. The van der Waals surface area contributed by atoms with E-state index in [-0.39, 0.29) is 24.0 Å². The molecule has 5 nitrogen and oxygen atoms in total. The van der Waals surface area contributed by atoms with Crippen molar-refractivity contribution in [2.75, 3.05) is 27.3 Å². The lowest BCUT2D eigenvalue weighted by atomic mass is 10.1. The van der Waals surface area contributed by atoms with Crippen molar-refractivity contribution in [3.63, 3.8) is 0 Å². The topological polar surface area (TPSA) is 46.1 Å². The number of guanidine groups is 1. The molecule has 1 heterocycles. The Morgan fingerprint density at radius 1 is 1.13 bits per heavy atom. The van der Waals surface area contributed by atoms with E-state index >= 15 is 0 Å². The summed E-state index contributed by atoms with van der Waals surface area (Å²) in [5.74, 6) is 0.830. The zero-order valence-corrected chi connectivity index (χ0v) is 20.7. The molecule has 0 unspecified atom stereocenters. The molecule has 164 valence electrons. The quantitative estimate of drug-likeness (QED) is 0.308. The van der Waals surface area contributed by atoms with E-state index in [1.807, 2.05) is 31.3 Å². The number of nitrogens with one attached hydrogen (secondary N) is 1. The van der Waals surface area contributed by atoms with Gasteiger partial charge in [0.05, 0.1) is 12.7 Å². The Balaban J connectivity index is 0.00000320. The van der Waals surface area contributed by atoms with Crippen molar-refractivity contribution in [3.05, 3.63) is 70.2 Å². The van der Waals surface area contributed by atoms with Gasteiger partial charge >= 0.3 is 0 Å². The monoisotopic (exact) mass is 543 g/mol. The van der Waals surface area contributed by atoms with Crippen LogP contribution in [0.5, 0.6) is 0 Å². The molecule has 0 aromatic heterocycles. The minimum Gasteiger partial charge on any atom is -0.381 e. The van der Waals surface area contributed by atoms with Crippen LogP contribution in [0, 0.1) is 0 Å². The molecule has 0 amide bonds. The van der Waals surface area contributed by atoms with Crippen LogP contribution in [0.25, 0.3) is 0 Å². The van der Waals surface area contributed by atoms with E-state index in [4.69, 9.17) is 21.1 Å². The highest BCUT2D eigenvalue weighted by Crippen LogP contribution is 2.17. The van der Waals surface area contributed by atoms with Crippen molar-refractivity contribution in [2.24, 2.45) is 4.99 Å². The smallest absolute Gasteiger partial charge is 0.193 e. The third kappa shape index (κ3) is 7.72. The van der Waals surface area contributed by atoms with Crippen LogP contribution in [0.15, 0.2) is 53.5 Å². The van der Waals surface area contributed by atoms with E-state index < -0.39 is 0 Å². The zero-order valence-electron chi connectivity index (χ0n) is 17.6. The van der Waals surface area contributed by atoms with Crippen molar-refractivity contribution in [1.82, 2.24) is 10.2 Å². The molecule has 1 fully saturated rings. The standard InChI is InChI=1S/C23H30ClN3O2.HI/c1-25-23(27(2)16-20-5-3-4-6-22(20)24)26-15-18-7-9-19(10-8-18)17-29-21-11-13-28-14-12-21;/h3-10,21H,11-17H2,1-2H3,(H,25,26);1H. The van der Waals surface area contributed by atoms with Gasteiger partial charge in [-0.1, -0.05) is 54.1 Å². The van der Waals surface area contributed by atoms with Crippen LogP contribution in [0.3, 0.4) is 0 Å². The molecule has 7 heteroatoms. The summed E-state index contributed by atoms with van der Waals surface area (Å²) in [6.07, 6.45) is 2.30. The van der Waals surface area contributed by atoms with Crippen LogP contribution in [0.4, 0.5) is 0 Å². The number of hydrogen-bond donors (Lipinski definition) is 1. The third-order valence-electron chi connectivity index (χ3n) is 5.07. The Bertz CT molecular complexity index is 795. The molecule has 0 aliphatic carbocycles. The maximum absolute atomic E-state index is 6.28. The molecule has 0 bridgehead atoms. The highest BCUT2D eigenvalue weighted by atomic mass is 127. The van der Waals surface area contributed by atoms with E-state index in [9.17, 15) is 0 Å². The number of nitrogens with zero attached hydrogens (tertiary/aromatic N) is 2. The van der Waals surface area contributed by atoms with Gasteiger partial charge in [-0.25, -0.2) is 0 Å². The predicted molar refractivity (Wildman–Crippen MR) is 134 cm³/mol. The molecule has 0 saturated carbocycles. The highest BCUT2D eigenvalue weighted by Gasteiger charge is 2.14. The summed E-state index contributed by atoms with van der Waals surface area (Å²) in [4.78, 5) is 6.45. The average Bonchev–Trinajstić information content (AvgIpc) is 2.76. The molecular weight excluding hydrogens is 513 g/mol. The third-order valence-corrected chi connectivity index (χ3v) is 5.44. The molecular formula is C23H31ClIN3O2. The van der Waals surface area contributed by atoms with Gasteiger partial charge in [-0.2, -0.15) is 0 Å². The zero-order chi connectivity index (χ0) is 20.5. The van der Waals surface area contributed by atoms with Gasteiger partial charge < -0.3 is 19.7 Å². The number of benzene rings is 2. The lowest BCUT2D eigenvalue weighted by molar-refractivity contribution is -0.0390. The van der Waals surface area contributed by atoms with Gasteiger partial charge in [0.25, 0.3) is 0 Å². The molecule has 3 rings (SSSR count). The summed E-state index contributed by atoms with van der Waals surface area (Å²) in [7, 11) is 3.80. The molecule has 1 saturated heterocycles. The van der Waals surface area contributed by atoms with Gasteiger partial charge in [0.1, 0.15) is 0 Å². The summed E-state index contributed by atoms with van der Waals surface area (Å²) < 4.78 is 11.4. The Morgan fingerprint density at radius 3 is 2.47 bits per heavy atom. The molecule has 1 N–H and O–H groups in total. The summed E-state index contributed by atoms with van der Waals surface area (Å²) in [6.45, 7) is 3.67. The number of aliphatic imine (C=N–C) groups is 1. The fourth-order valence-electron chi connectivity index (χ4n) is 3.33. The van der Waals surface area contributed by atoms with Crippen molar-refractivity contribution in [3.8, 4) is 0 Å². The Labute approximate surface area is 201 Å². The normalized spacial score (nSPS) is 14.8. The van der Waals surface area contributed by atoms with Crippen LogP contribution in [-0.2, 0) is 29.2 Å². The first-order valence-electron chi connectivity index (χ1n) is 10.1. The molecule has 0 radical (unpaired) electrons. The summed E-state index contributed by atoms with van der Waals surface area (Å²) in [6, 6.07) is 16.4. The van der Waals surface area contributed by atoms with Crippen LogP contribution >= 0.6 is 35.6 Å². The van der Waals surface area contributed by atoms with Crippen molar-refractivity contribution in [1.29, 1.82) is 0 Å². The Morgan fingerprint density at radius 2 is 1.80 bits per heavy atom. The maximum Gasteiger partial charge on any atom is 0.193 e. The lowest BCUT2D eigenvalue weighted by Crippen LogP contribution is -2.38. The minimum atomic E-state index is 0. The molecule has 0 spiro atoms. The minimum absolute atomic E-state index is 0. The van der Waals surface area contributed by atoms with Crippen molar-refractivity contribution < 1.29 is 9.47 Å². The van der Waals surface area contributed by atoms with Crippen LogP contribution in [0.1, 0.15) is 29.5 Å². The highest BCUT2D eigenvalue weighted by molar-refractivity contribution is 14.0. The van der Waals surface area contributed by atoms with Crippen LogP contribution in [0.2, 0.25) is 5.02 Å². The SMILES string of the molecule is CN=C(NCc1ccc(COC2CCOCC2)cc1)N(C)Cc1ccccc1Cl.I. The first-order chi connectivity index (χ1) is 14.2. The number of hydrogen-bond acceptors (Lipinski definition) is 3. The summed E-state index contributed by atoms with van der Waals surface area (Å²) in [5.41, 5.74) is 3.47. The summed E-state index contributed by atoms with van der Waals surface area (Å²) >= 11 is 6.28. The molecule has 2 aromatic carbocycles. The number of ether oxygens (including phenoxy) is 2.